The first kappa shape index (κ1) is 19.8. The normalized spacial score (nSPS) is 10.7. The van der Waals surface area contributed by atoms with Crippen molar-refractivity contribution in [2.75, 3.05) is 12.5 Å². The molecule has 0 radical (unpaired) electrons. The summed E-state index contributed by atoms with van der Waals surface area (Å²) in [5.41, 5.74) is 4.92. The van der Waals surface area contributed by atoms with Crippen LogP contribution in [0.3, 0.4) is 0 Å². The highest BCUT2D eigenvalue weighted by atomic mass is 16.6. The molecule has 148 valence electrons. The van der Waals surface area contributed by atoms with Crippen LogP contribution in [0.5, 0.6) is 11.5 Å². The van der Waals surface area contributed by atoms with Crippen molar-refractivity contribution in [3.8, 4) is 11.5 Å². The molecular formula is C21H20N4O4. The van der Waals surface area contributed by atoms with E-state index in [1.165, 1.54) is 12.3 Å². The number of methoxy groups -OCH3 is 1. The van der Waals surface area contributed by atoms with Gasteiger partial charge in [0.1, 0.15) is 6.61 Å². The number of nitrogens with zero attached hydrogens (tertiary/aromatic N) is 3. The molecule has 0 aliphatic heterocycles. The fourth-order valence-corrected chi connectivity index (χ4v) is 2.57. The van der Waals surface area contributed by atoms with Crippen LogP contribution < -0.4 is 14.9 Å². The van der Waals surface area contributed by atoms with E-state index in [4.69, 9.17) is 9.47 Å². The van der Waals surface area contributed by atoms with Crippen LogP contribution in [-0.4, -0.2) is 23.2 Å². The largest absolute Gasteiger partial charge is 0.493 e. The van der Waals surface area contributed by atoms with Gasteiger partial charge in [-0.05, 0) is 42.3 Å². The minimum absolute atomic E-state index is 0.0843. The molecule has 8 nitrogen and oxygen atoms in total. The van der Waals surface area contributed by atoms with E-state index in [0.29, 0.717) is 23.8 Å². The van der Waals surface area contributed by atoms with E-state index in [1.807, 2.05) is 36.4 Å². The molecule has 3 aromatic rings. The minimum Gasteiger partial charge on any atom is -0.493 e. The Labute approximate surface area is 168 Å². The van der Waals surface area contributed by atoms with E-state index in [0.717, 1.165) is 11.1 Å². The Bertz CT molecular complexity index is 1020. The van der Waals surface area contributed by atoms with Gasteiger partial charge in [-0.2, -0.15) is 5.10 Å². The molecule has 1 heterocycles. The van der Waals surface area contributed by atoms with Crippen LogP contribution in [-0.2, 0) is 6.61 Å². The molecule has 1 N–H and O–H groups in total. The van der Waals surface area contributed by atoms with E-state index in [2.05, 4.69) is 15.5 Å². The van der Waals surface area contributed by atoms with Crippen molar-refractivity contribution in [3.05, 3.63) is 87.6 Å². The van der Waals surface area contributed by atoms with Gasteiger partial charge in [-0.1, -0.05) is 30.3 Å². The standard InChI is InChI=1S/C21H20N4O4/c1-15-8-10-18(25(26)27)21(23-15)24-22-13-17-9-11-19(20(12-17)28-2)29-14-16-6-4-3-5-7-16/h3-13H,14H2,1-2H3,(H,23,24)/b22-13-. The molecule has 0 fully saturated rings. The summed E-state index contributed by atoms with van der Waals surface area (Å²) in [6.45, 7) is 2.17. The number of rotatable bonds is 8. The van der Waals surface area contributed by atoms with Gasteiger partial charge in [0.2, 0.25) is 5.82 Å². The number of hydrogen-bond acceptors (Lipinski definition) is 7. The molecule has 3 rings (SSSR count). The third kappa shape index (κ3) is 5.29. The average Bonchev–Trinajstić information content (AvgIpc) is 2.73. The third-order valence-corrected chi connectivity index (χ3v) is 4.02. The molecule has 0 unspecified atom stereocenters. The Balaban J connectivity index is 1.70. The van der Waals surface area contributed by atoms with Crippen LogP contribution in [0.2, 0.25) is 0 Å². The summed E-state index contributed by atoms with van der Waals surface area (Å²) in [7, 11) is 1.56. The predicted molar refractivity (Wildman–Crippen MR) is 111 cm³/mol. The summed E-state index contributed by atoms with van der Waals surface area (Å²) in [6, 6.07) is 18.2. The number of hydrogen-bond donors (Lipinski definition) is 1. The van der Waals surface area contributed by atoms with Gasteiger partial charge in [0, 0.05) is 11.8 Å². The van der Waals surface area contributed by atoms with Crippen molar-refractivity contribution in [2.24, 2.45) is 5.10 Å². The number of aryl methyl sites for hydroxylation is 1. The van der Waals surface area contributed by atoms with E-state index in [1.54, 1.807) is 32.2 Å². The maximum Gasteiger partial charge on any atom is 0.313 e. The predicted octanol–water partition coefficient (Wildman–Crippen LogP) is 4.33. The summed E-state index contributed by atoms with van der Waals surface area (Å²) < 4.78 is 11.2. The lowest BCUT2D eigenvalue weighted by Crippen LogP contribution is -2.01. The molecule has 8 heteroatoms. The third-order valence-electron chi connectivity index (χ3n) is 4.02. The van der Waals surface area contributed by atoms with E-state index in [9.17, 15) is 10.1 Å². The van der Waals surface area contributed by atoms with Gasteiger partial charge < -0.3 is 9.47 Å². The molecule has 0 aliphatic rings. The van der Waals surface area contributed by atoms with E-state index in [-0.39, 0.29) is 11.5 Å². The molecule has 0 aliphatic carbocycles. The molecule has 0 bridgehead atoms. The van der Waals surface area contributed by atoms with Crippen molar-refractivity contribution in [3.63, 3.8) is 0 Å². The minimum atomic E-state index is -0.508. The highest BCUT2D eigenvalue weighted by Crippen LogP contribution is 2.28. The average molecular weight is 392 g/mol. The van der Waals surface area contributed by atoms with Gasteiger partial charge in [-0.25, -0.2) is 4.98 Å². The van der Waals surface area contributed by atoms with Crippen molar-refractivity contribution in [1.82, 2.24) is 4.98 Å². The number of ether oxygens (including phenoxy) is 2. The molecule has 0 atom stereocenters. The number of nitrogens with one attached hydrogen (secondary N) is 1. The molecule has 1 aromatic heterocycles. The number of nitro groups is 1. The van der Waals surface area contributed by atoms with Gasteiger partial charge in [0.25, 0.3) is 0 Å². The van der Waals surface area contributed by atoms with Gasteiger partial charge in [-0.15, -0.1) is 0 Å². The van der Waals surface area contributed by atoms with Crippen molar-refractivity contribution >= 4 is 17.7 Å². The Morgan fingerprint density at radius 1 is 1.14 bits per heavy atom. The SMILES string of the molecule is COc1cc(/C=N\Nc2nc(C)ccc2[N+](=O)[O-])ccc1OCc1ccccc1. The lowest BCUT2D eigenvalue weighted by Gasteiger charge is -2.11. The summed E-state index contributed by atoms with van der Waals surface area (Å²) in [5.74, 6) is 1.25. The van der Waals surface area contributed by atoms with E-state index >= 15 is 0 Å². The second-order valence-corrected chi connectivity index (χ2v) is 6.13. The first-order valence-corrected chi connectivity index (χ1v) is 8.82. The Kier molecular flexibility index (Phi) is 6.36. The maximum absolute atomic E-state index is 11.1. The fourth-order valence-electron chi connectivity index (χ4n) is 2.57. The zero-order chi connectivity index (χ0) is 20.6. The summed E-state index contributed by atoms with van der Waals surface area (Å²) in [4.78, 5) is 14.7. The zero-order valence-corrected chi connectivity index (χ0v) is 16.0. The topological polar surface area (TPSA) is 98.9 Å². The first-order chi connectivity index (χ1) is 14.1. The lowest BCUT2D eigenvalue weighted by atomic mass is 10.2. The second-order valence-electron chi connectivity index (χ2n) is 6.13. The quantitative estimate of drug-likeness (QED) is 0.348. The zero-order valence-electron chi connectivity index (χ0n) is 16.0. The number of hydrazone groups is 1. The molecular weight excluding hydrogens is 372 g/mol. The molecule has 0 saturated carbocycles. The lowest BCUT2D eigenvalue weighted by molar-refractivity contribution is -0.384. The Hall–Kier alpha value is -3.94. The highest BCUT2D eigenvalue weighted by molar-refractivity contribution is 5.81. The molecule has 0 saturated heterocycles. The van der Waals surface area contributed by atoms with Crippen LogP contribution in [0.25, 0.3) is 0 Å². The van der Waals surface area contributed by atoms with Gasteiger partial charge >= 0.3 is 5.69 Å². The maximum atomic E-state index is 11.1. The number of benzene rings is 2. The number of pyridine rings is 1. The van der Waals surface area contributed by atoms with Crippen LogP contribution in [0.15, 0.2) is 65.8 Å². The fraction of sp³-hybridized carbons (Fsp3) is 0.143. The van der Waals surface area contributed by atoms with Crippen LogP contribution in [0.4, 0.5) is 11.5 Å². The molecule has 0 spiro atoms. The number of aromatic nitrogens is 1. The van der Waals surface area contributed by atoms with Crippen LogP contribution in [0.1, 0.15) is 16.8 Å². The number of anilines is 1. The van der Waals surface area contributed by atoms with Gasteiger partial charge in [0.15, 0.2) is 11.5 Å². The van der Waals surface area contributed by atoms with Crippen LogP contribution in [0, 0.1) is 17.0 Å². The Morgan fingerprint density at radius 3 is 2.66 bits per heavy atom. The molecule has 29 heavy (non-hydrogen) atoms. The molecule has 0 amide bonds. The highest BCUT2D eigenvalue weighted by Gasteiger charge is 2.14. The monoisotopic (exact) mass is 392 g/mol. The van der Waals surface area contributed by atoms with Crippen molar-refractivity contribution in [2.45, 2.75) is 13.5 Å². The first-order valence-electron chi connectivity index (χ1n) is 8.82. The smallest absolute Gasteiger partial charge is 0.313 e. The van der Waals surface area contributed by atoms with Gasteiger partial charge in [-0.3, -0.25) is 15.5 Å². The van der Waals surface area contributed by atoms with Crippen LogP contribution >= 0.6 is 0 Å². The summed E-state index contributed by atoms with van der Waals surface area (Å²) >= 11 is 0. The summed E-state index contributed by atoms with van der Waals surface area (Å²) in [5, 5.41) is 15.2. The van der Waals surface area contributed by atoms with E-state index < -0.39 is 4.92 Å². The van der Waals surface area contributed by atoms with Crippen molar-refractivity contribution < 1.29 is 14.4 Å². The van der Waals surface area contributed by atoms with Crippen molar-refractivity contribution in [1.29, 1.82) is 0 Å². The summed E-state index contributed by atoms with van der Waals surface area (Å²) in [6.07, 6.45) is 1.53. The molecule has 2 aromatic carbocycles. The Morgan fingerprint density at radius 2 is 1.93 bits per heavy atom. The second kappa shape index (κ2) is 9.32. The van der Waals surface area contributed by atoms with Gasteiger partial charge in [0.05, 0.1) is 18.2 Å².